The molecule has 27 heavy (non-hydrogen) atoms. The molecule has 1 fully saturated rings. The molecular weight excluding hydrogens is 346 g/mol. The second-order valence-electron chi connectivity index (χ2n) is 7.39. The molecule has 0 bridgehead atoms. The highest BCUT2D eigenvalue weighted by atomic mass is 16.5. The van der Waals surface area contributed by atoms with Crippen LogP contribution in [0.5, 0.6) is 11.5 Å². The molecule has 2 aromatic rings. The third-order valence-corrected chi connectivity index (χ3v) is 5.75. The summed E-state index contributed by atoms with van der Waals surface area (Å²) in [5, 5.41) is 10.1. The third-order valence-electron chi connectivity index (χ3n) is 5.75. The van der Waals surface area contributed by atoms with E-state index in [1.165, 1.54) is 0 Å². The number of ether oxygens (including phenoxy) is 2. The van der Waals surface area contributed by atoms with Crippen molar-refractivity contribution in [1.82, 2.24) is 14.5 Å². The fourth-order valence-corrected chi connectivity index (χ4v) is 4.41. The van der Waals surface area contributed by atoms with Gasteiger partial charge in [-0.2, -0.15) is 0 Å². The Morgan fingerprint density at radius 3 is 3.07 bits per heavy atom. The zero-order valence-electron chi connectivity index (χ0n) is 15.7. The Balaban J connectivity index is 1.65. The second kappa shape index (κ2) is 6.88. The molecule has 1 N–H and O–H groups in total. The van der Waals surface area contributed by atoms with Crippen LogP contribution in [0, 0.1) is 5.41 Å². The van der Waals surface area contributed by atoms with Gasteiger partial charge in [-0.25, -0.2) is 4.98 Å². The van der Waals surface area contributed by atoms with E-state index in [2.05, 4.69) is 21.4 Å². The van der Waals surface area contributed by atoms with Crippen LogP contribution in [0.15, 0.2) is 30.6 Å². The number of aryl methyl sites for hydroxylation is 1. The van der Waals surface area contributed by atoms with Crippen molar-refractivity contribution in [3.63, 3.8) is 0 Å². The molecule has 7 nitrogen and oxygen atoms in total. The topological polar surface area (TPSA) is 76.8 Å². The minimum Gasteiger partial charge on any atom is -0.493 e. The number of hydrogen-bond donors (Lipinski definition) is 1. The molecule has 0 radical (unpaired) electrons. The van der Waals surface area contributed by atoms with Crippen molar-refractivity contribution in [2.24, 2.45) is 5.41 Å². The zero-order chi connectivity index (χ0) is 19.0. The van der Waals surface area contributed by atoms with Crippen molar-refractivity contribution < 1.29 is 19.4 Å². The Labute approximate surface area is 158 Å². The summed E-state index contributed by atoms with van der Waals surface area (Å²) in [6.45, 7) is 4.95. The number of imidazole rings is 1. The summed E-state index contributed by atoms with van der Waals surface area (Å²) in [7, 11) is 1.60. The quantitative estimate of drug-likeness (QED) is 0.840. The van der Waals surface area contributed by atoms with Crippen LogP contribution in [0.3, 0.4) is 0 Å². The molecule has 0 amide bonds. The maximum Gasteiger partial charge on any atom is 0.315 e. The standard InChI is InChI=1S/C20H25N3O4/c1-3-8-23-9-7-21-17(23)11-22-10-15-14-5-4-6-16(26-2)18(14)27-13-20(15,12-22)19(24)25/h4-7,9,15H,3,8,10-13H2,1-2H3,(H,24,25)/t15-,20-/m1/s1. The van der Waals surface area contributed by atoms with Gasteiger partial charge in [-0.05, 0) is 12.5 Å². The predicted molar refractivity (Wildman–Crippen MR) is 99.1 cm³/mol. The number of aromatic nitrogens is 2. The molecule has 0 saturated carbocycles. The van der Waals surface area contributed by atoms with Crippen LogP contribution in [0.2, 0.25) is 0 Å². The van der Waals surface area contributed by atoms with Gasteiger partial charge in [-0.1, -0.05) is 19.1 Å². The first-order valence-corrected chi connectivity index (χ1v) is 9.34. The molecule has 0 unspecified atom stereocenters. The predicted octanol–water partition coefficient (Wildman–Crippen LogP) is 2.36. The number of likely N-dealkylation sites (tertiary alicyclic amines) is 1. The van der Waals surface area contributed by atoms with Gasteiger partial charge in [0.1, 0.15) is 17.8 Å². The molecule has 2 aliphatic rings. The zero-order valence-corrected chi connectivity index (χ0v) is 15.7. The summed E-state index contributed by atoms with van der Waals surface area (Å²) in [6.07, 6.45) is 4.83. The monoisotopic (exact) mass is 371 g/mol. The first-order valence-electron chi connectivity index (χ1n) is 9.34. The largest absolute Gasteiger partial charge is 0.493 e. The van der Waals surface area contributed by atoms with Crippen molar-refractivity contribution >= 4 is 5.97 Å². The van der Waals surface area contributed by atoms with Crippen LogP contribution in [0.1, 0.15) is 30.7 Å². The van der Waals surface area contributed by atoms with E-state index in [-0.39, 0.29) is 12.5 Å². The molecule has 1 aromatic heterocycles. The Morgan fingerprint density at radius 1 is 1.48 bits per heavy atom. The Morgan fingerprint density at radius 2 is 2.33 bits per heavy atom. The number of rotatable bonds is 6. The lowest BCUT2D eigenvalue weighted by molar-refractivity contribution is -0.152. The van der Waals surface area contributed by atoms with Gasteiger partial charge in [0.2, 0.25) is 0 Å². The van der Waals surface area contributed by atoms with Crippen LogP contribution in [-0.2, 0) is 17.9 Å². The highest BCUT2D eigenvalue weighted by molar-refractivity contribution is 5.78. The molecule has 7 heteroatoms. The number of methoxy groups -OCH3 is 1. The first kappa shape index (κ1) is 17.9. The van der Waals surface area contributed by atoms with Crippen LogP contribution in [0.4, 0.5) is 0 Å². The summed E-state index contributed by atoms with van der Waals surface area (Å²) in [6, 6.07) is 5.71. The van der Waals surface area contributed by atoms with Crippen molar-refractivity contribution in [3.05, 3.63) is 42.0 Å². The van der Waals surface area contributed by atoms with Crippen LogP contribution < -0.4 is 9.47 Å². The van der Waals surface area contributed by atoms with Crippen molar-refractivity contribution in [2.75, 3.05) is 26.8 Å². The minimum atomic E-state index is -0.943. The minimum absolute atomic E-state index is 0.136. The highest BCUT2D eigenvalue weighted by Gasteiger charge is 2.57. The number of benzene rings is 1. The van der Waals surface area contributed by atoms with Crippen molar-refractivity contribution in [1.29, 1.82) is 0 Å². The molecule has 2 aliphatic heterocycles. The molecule has 0 spiro atoms. The summed E-state index contributed by atoms with van der Waals surface area (Å²) in [4.78, 5) is 18.9. The number of aliphatic carboxylic acids is 1. The average molecular weight is 371 g/mol. The van der Waals surface area contributed by atoms with E-state index in [1.54, 1.807) is 7.11 Å². The maximum atomic E-state index is 12.3. The summed E-state index contributed by atoms with van der Waals surface area (Å²) in [5.41, 5.74) is -0.0240. The lowest BCUT2D eigenvalue weighted by atomic mass is 9.73. The smallest absolute Gasteiger partial charge is 0.315 e. The van der Waals surface area contributed by atoms with E-state index in [1.807, 2.05) is 30.6 Å². The number of para-hydroxylation sites is 1. The van der Waals surface area contributed by atoms with Gasteiger partial charge in [0, 0.05) is 43.5 Å². The molecule has 0 aliphatic carbocycles. The molecular formula is C20H25N3O4. The molecule has 4 rings (SSSR count). The Bertz CT molecular complexity index is 850. The summed E-state index contributed by atoms with van der Waals surface area (Å²) < 4.78 is 13.5. The normalized spacial score (nSPS) is 24.1. The fourth-order valence-electron chi connectivity index (χ4n) is 4.41. The SMILES string of the molecule is CCCn1ccnc1CN1C[C@@H]2c3cccc(OC)c3OC[C@]2(C(=O)O)C1. The van der Waals surface area contributed by atoms with E-state index in [4.69, 9.17) is 9.47 Å². The number of carbonyl (C=O) groups is 1. The van der Waals surface area contributed by atoms with Gasteiger partial charge in [0.15, 0.2) is 11.5 Å². The van der Waals surface area contributed by atoms with Gasteiger partial charge < -0.3 is 19.1 Å². The van der Waals surface area contributed by atoms with Gasteiger partial charge in [0.05, 0.1) is 13.7 Å². The van der Waals surface area contributed by atoms with Gasteiger partial charge in [-0.15, -0.1) is 0 Å². The lowest BCUT2D eigenvalue weighted by Gasteiger charge is -2.36. The Hall–Kier alpha value is -2.54. The van der Waals surface area contributed by atoms with Crippen LogP contribution in [-0.4, -0.2) is 52.3 Å². The number of carboxylic acid groups (broad SMARTS) is 1. The highest BCUT2D eigenvalue weighted by Crippen LogP contribution is 2.52. The van der Waals surface area contributed by atoms with E-state index in [0.29, 0.717) is 31.1 Å². The summed E-state index contributed by atoms with van der Waals surface area (Å²) in [5.74, 6) is 1.37. The molecule has 2 atom stereocenters. The molecule has 144 valence electrons. The van der Waals surface area contributed by atoms with Crippen molar-refractivity contribution in [2.45, 2.75) is 32.4 Å². The van der Waals surface area contributed by atoms with Gasteiger partial charge in [0.25, 0.3) is 0 Å². The second-order valence-corrected chi connectivity index (χ2v) is 7.39. The number of fused-ring (bicyclic) bond motifs is 3. The third kappa shape index (κ3) is 2.86. The van der Waals surface area contributed by atoms with E-state index < -0.39 is 11.4 Å². The average Bonchev–Trinajstić information content (AvgIpc) is 3.26. The van der Waals surface area contributed by atoms with E-state index in [9.17, 15) is 9.90 Å². The number of nitrogens with zero attached hydrogens (tertiary/aromatic N) is 3. The van der Waals surface area contributed by atoms with Crippen LogP contribution in [0.25, 0.3) is 0 Å². The Kier molecular flexibility index (Phi) is 4.55. The summed E-state index contributed by atoms with van der Waals surface area (Å²) >= 11 is 0. The first-order chi connectivity index (χ1) is 13.1. The fraction of sp³-hybridized carbons (Fsp3) is 0.500. The van der Waals surface area contributed by atoms with E-state index >= 15 is 0 Å². The van der Waals surface area contributed by atoms with Crippen molar-refractivity contribution in [3.8, 4) is 11.5 Å². The van der Waals surface area contributed by atoms with Gasteiger partial charge in [-0.3, -0.25) is 9.69 Å². The van der Waals surface area contributed by atoms with Gasteiger partial charge >= 0.3 is 5.97 Å². The maximum absolute atomic E-state index is 12.3. The molecule has 1 saturated heterocycles. The lowest BCUT2D eigenvalue weighted by Crippen LogP contribution is -2.45. The molecule has 3 heterocycles. The number of hydrogen-bond acceptors (Lipinski definition) is 5. The number of carboxylic acids is 1. The van der Waals surface area contributed by atoms with E-state index in [0.717, 1.165) is 24.4 Å². The molecule has 1 aromatic carbocycles. The van der Waals surface area contributed by atoms with Crippen LogP contribution >= 0.6 is 0 Å².